The van der Waals surface area contributed by atoms with Crippen LogP contribution in [0.3, 0.4) is 0 Å². The number of anilines is 1. The van der Waals surface area contributed by atoms with E-state index in [-0.39, 0.29) is 35.5 Å². The Bertz CT molecular complexity index is 1000. The average Bonchev–Trinajstić information content (AvgIpc) is 3.32. The molecule has 168 valence electrons. The molecule has 31 heavy (non-hydrogen) atoms. The maximum atomic E-state index is 14.5. The number of aromatic nitrogens is 2. The number of halogens is 2. The van der Waals surface area contributed by atoms with E-state index in [9.17, 15) is 13.6 Å². The minimum absolute atomic E-state index is 0.0378. The summed E-state index contributed by atoms with van der Waals surface area (Å²) in [6.45, 7) is 7.74. The lowest BCUT2D eigenvalue weighted by molar-refractivity contribution is -0.165. The van der Waals surface area contributed by atoms with E-state index in [1.54, 1.807) is 13.8 Å². The first-order chi connectivity index (χ1) is 14.5. The van der Waals surface area contributed by atoms with Gasteiger partial charge < -0.3 is 16.2 Å². The van der Waals surface area contributed by atoms with Crippen molar-refractivity contribution in [2.45, 2.75) is 46.3 Å². The van der Waals surface area contributed by atoms with E-state index in [4.69, 9.17) is 16.2 Å². The highest BCUT2D eigenvalue weighted by molar-refractivity contribution is 5.97. The zero-order valence-corrected chi connectivity index (χ0v) is 18.1. The van der Waals surface area contributed by atoms with Gasteiger partial charge in [-0.3, -0.25) is 9.89 Å². The van der Waals surface area contributed by atoms with Crippen molar-refractivity contribution in [3.63, 3.8) is 0 Å². The molecule has 1 aliphatic heterocycles. The summed E-state index contributed by atoms with van der Waals surface area (Å²) in [5.74, 6) is -1.80. The summed E-state index contributed by atoms with van der Waals surface area (Å²) in [5, 5.41) is 12.3. The zero-order valence-electron chi connectivity index (χ0n) is 18.1. The standard InChI is InChI=1S/C21H28F2N6O2/c1-12(2)20(3,4)19(30)29-21(8-5-9-24,16-11-17(25)27-26-16)31-18(28-29)14-10-13(22)6-7-15(14)23/h6-7,10-12H,5,8-9,24H2,1-4H3,(H3,25,26,27). The Balaban J connectivity index is 2.20. The molecule has 3 rings (SSSR count). The second-order valence-electron chi connectivity index (χ2n) is 8.51. The molecule has 8 nitrogen and oxygen atoms in total. The van der Waals surface area contributed by atoms with Crippen LogP contribution < -0.4 is 11.5 Å². The number of aromatic amines is 1. The van der Waals surface area contributed by atoms with Crippen LogP contribution >= 0.6 is 0 Å². The van der Waals surface area contributed by atoms with Gasteiger partial charge in [0.05, 0.1) is 5.56 Å². The summed E-state index contributed by atoms with van der Waals surface area (Å²) in [6.07, 6.45) is 0.689. The normalized spacial score (nSPS) is 19.0. The van der Waals surface area contributed by atoms with Gasteiger partial charge in [0.15, 0.2) is 0 Å². The number of hydrazone groups is 1. The van der Waals surface area contributed by atoms with E-state index < -0.39 is 22.8 Å². The Labute approximate surface area is 179 Å². The number of ether oxygens (including phenoxy) is 1. The molecule has 1 aliphatic rings. The fraction of sp³-hybridized carbons (Fsp3) is 0.476. The van der Waals surface area contributed by atoms with Crippen molar-refractivity contribution in [2.75, 3.05) is 12.3 Å². The Morgan fingerprint density at radius 2 is 2.03 bits per heavy atom. The number of benzene rings is 1. The number of nitrogens with one attached hydrogen (secondary N) is 1. The van der Waals surface area contributed by atoms with Crippen LogP contribution in [0.4, 0.5) is 14.6 Å². The summed E-state index contributed by atoms with van der Waals surface area (Å²) < 4.78 is 34.5. The monoisotopic (exact) mass is 434 g/mol. The number of hydrogen-bond acceptors (Lipinski definition) is 6. The fourth-order valence-corrected chi connectivity index (χ4v) is 3.23. The Morgan fingerprint density at radius 1 is 1.32 bits per heavy atom. The van der Waals surface area contributed by atoms with E-state index in [2.05, 4.69) is 15.3 Å². The fourth-order valence-electron chi connectivity index (χ4n) is 3.23. The molecule has 5 N–H and O–H groups in total. The summed E-state index contributed by atoms with van der Waals surface area (Å²) in [5.41, 5.74) is 9.40. The number of amides is 1. The number of rotatable bonds is 7. The zero-order chi connectivity index (χ0) is 23.0. The SMILES string of the molecule is CC(C)C(C)(C)C(=O)N1N=C(c2cc(F)ccc2F)OC1(CCCN)c1cc(N)n[nH]1. The Kier molecular flexibility index (Phi) is 6.04. The van der Waals surface area contributed by atoms with Crippen LogP contribution in [0.1, 0.15) is 51.8 Å². The molecule has 0 fully saturated rings. The molecular weight excluding hydrogens is 406 g/mol. The van der Waals surface area contributed by atoms with Gasteiger partial charge in [-0.15, -0.1) is 5.10 Å². The van der Waals surface area contributed by atoms with E-state index in [1.165, 1.54) is 11.1 Å². The molecule has 2 aromatic rings. The molecule has 0 saturated carbocycles. The average molecular weight is 434 g/mol. The second kappa shape index (κ2) is 8.26. The van der Waals surface area contributed by atoms with Crippen LogP contribution in [0.2, 0.25) is 0 Å². The third-order valence-electron chi connectivity index (χ3n) is 5.88. The number of nitrogens with two attached hydrogens (primary N) is 2. The lowest BCUT2D eigenvalue weighted by Gasteiger charge is -2.39. The second-order valence-corrected chi connectivity index (χ2v) is 8.51. The number of hydrogen-bond donors (Lipinski definition) is 3. The van der Waals surface area contributed by atoms with Gasteiger partial charge in [0.25, 0.3) is 5.91 Å². The van der Waals surface area contributed by atoms with Gasteiger partial charge in [0.2, 0.25) is 11.6 Å². The molecule has 1 aromatic carbocycles. The predicted molar refractivity (Wildman–Crippen MR) is 112 cm³/mol. The van der Waals surface area contributed by atoms with Gasteiger partial charge in [-0.1, -0.05) is 27.7 Å². The van der Waals surface area contributed by atoms with Crippen molar-refractivity contribution in [1.82, 2.24) is 15.2 Å². The van der Waals surface area contributed by atoms with Gasteiger partial charge in [0, 0.05) is 17.9 Å². The van der Waals surface area contributed by atoms with Gasteiger partial charge in [-0.2, -0.15) is 10.1 Å². The molecule has 1 amide bonds. The van der Waals surface area contributed by atoms with E-state index >= 15 is 0 Å². The Morgan fingerprint density at radius 3 is 2.61 bits per heavy atom. The first-order valence-corrected chi connectivity index (χ1v) is 10.1. The molecule has 0 bridgehead atoms. The summed E-state index contributed by atoms with van der Waals surface area (Å²) in [4.78, 5) is 13.7. The largest absolute Gasteiger partial charge is 0.441 e. The molecule has 0 spiro atoms. The first-order valence-electron chi connectivity index (χ1n) is 10.1. The molecular formula is C21H28F2N6O2. The van der Waals surface area contributed by atoms with Crippen LogP contribution in [0, 0.1) is 23.0 Å². The first kappa shape index (κ1) is 22.7. The van der Waals surface area contributed by atoms with Crippen molar-refractivity contribution in [3.05, 3.63) is 47.2 Å². The van der Waals surface area contributed by atoms with Gasteiger partial charge in [-0.25, -0.2) is 8.78 Å². The molecule has 10 heteroatoms. The minimum Gasteiger partial charge on any atom is -0.441 e. The minimum atomic E-state index is -1.48. The van der Waals surface area contributed by atoms with Gasteiger partial charge in [0.1, 0.15) is 23.1 Å². The number of nitrogen functional groups attached to an aromatic ring is 1. The lowest BCUT2D eigenvalue weighted by atomic mass is 9.79. The third kappa shape index (κ3) is 3.99. The third-order valence-corrected chi connectivity index (χ3v) is 5.88. The van der Waals surface area contributed by atoms with Crippen LogP contribution in [-0.4, -0.2) is 33.6 Å². The van der Waals surface area contributed by atoms with Gasteiger partial charge >= 0.3 is 0 Å². The maximum Gasteiger partial charge on any atom is 0.252 e. The van der Waals surface area contributed by atoms with E-state index in [0.717, 1.165) is 18.2 Å². The van der Waals surface area contributed by atoms with Crippen LogP contribution in [-0.2, 0) is 15.3 Å². The molecule has 1 unspecified atom stereocenters. The summed E-state index contributed by atoms with van der Waals surface area (Å²) >= 11 is 0. The number of carbonyl (C=O) groups excluding carboxylic acids is 1. The van der Waals surface area contributed by atoms with Gasteiger partial charge in [-0.05, 0) is 37.1 Å². The van der Waals surface area contributed by atoms with Crippen LogP contribution in [0.25, 0.3) is 0 Å². The predicted octanol–water partition coefficient (Wildman–Crippen LogP) is 3.06. The van der Waals surface area contributed by atoms with Crippen LogP contribution in [0.5, 0.6) is 0 Å². The maximum absolute atomic E-state index is 14.5. The highest BCUT2D eigenvalue weighted by Gasteiger charge is 2.54. The molecule has 2 heterocycles. The summed E-state index contributed by atoms with van der Waals surface area (Å²) in [7, 11) is 0. The number of H-pyrrole nitrogens is 1. The quantitative estimate of drug-likeness (QED) is 0.618. The molecule has 1 aromatic heterocycles. The lowest BCUT2D eigenvalue weighted by Crippen LogP contribution is -2.51. The van der Waals surface area contributed by atoms with Crippen molar-refractivity contribution >= 4 is 17.6 Å². The molecule has 0 aliphatic carbocycles. The topological polar surface area (TPSA) is 123 Å². The van der Waals surface area contributed by atoms with Crippen molar-refractivity contribution in [1.29, 1.82) is 0 Å². The molecule has 0 saturated heterocycles. The Hall–Kier alpha value is -3.01. The van der Waals surface area contributed by atoms with Crippen molar-refractivity contribution in [2.24, 2.45) is 22.2 Å². The highest BCUT2D eigenvalue weighted by atomic mass is 19.1. The summed E-state index contributed by atoms with van der Waals surface area (Å²) in [6, 6.07) is 4.48. The number of carbonyl (C=O) groups is 1. The highest BCUT2D eigenvalue weighted by Crippen LogP contribution is 2.44. The van der Waals surface area contributed by atoms with Crippen molar-refractivity contribution in [3.8, 4) is 0 Å². The van der Waals surface area contributed by atoms with Crippen LogP contribution in [0.15, 0.2) is 29.4 Å². The number of nitrogens with zero attached hydrogens (tertiary/aromatic N) is 3. The molecule has 1 atom stereocenters. The van der Waals surface area contributed by atoms with Crippen molar-refractivity contribution < 1.29 is 18.3 Å². The smallest absolute Gasteiger partial charge is 0.252 e. The molecule has 0 radical (unpaired) electrons. The van der Waals surface area contributed by atoms with E-state index in [0.29, 0.717) is 18.7 Å². The van der Waals surface area contributed by atoms with E-state index in [1.807, 2.05) is 13.8 Å².